The molecular formula is C19H28N2O. The van der Waals surface area contributed by atoms with Crippen molar-refractivity contribution in [1.29, 1.82) is 0 Å². The second-order valence-electron chi connectivity index (χ2n) is 6.60. The van der Waals surface area contributed by atoms with Gasteiger partial charge in [-0.2, -0.15) is 0 Å². The third-order valence-corrected chi connectivity index (χ3v) is 5.06. The highest BCUT2D eigenvalue weighted by Gasteiger charge is 2.34. The van der Waals surface area contributed by atoms with E-state index in [-0.39, 0.29) is 0 Å². The fraction of sp³-hybridized carbons (Fsp3) is 0.579. The van der Waals surface area contributed by atoms with Gasteiger partial charge in [-0.1, -0.05) is 36.8 Å². The third kappa shape index (κ3) is 3.53. The van der Waals surface area contributed by atoms with Crippen molar-refractivity contribution >= 4 is 6.08 Å². The number of para-hydroxylation sites is 1. The van der Waals surface area contributed by atoms with Crippen LogP contribution in [-0.4, -0.2) is 55.2 Å². The number of nitrogens with zero attached hydrogens (tertiary/aromatic N) is 2. The molecule has 0 unspecified atom stereocenters. The van der Waals surface area contributed by atoms with E-state index < -0.39 is 0 Å². The Kier molecular flexibility index (Phi) is 5.16. The van der Waals surface area contributed by atoms with E-state index in [1.54, 1.807) is 7.11 Å². The molecule has 22 heavy (non-hydrogen) atoms. The fourth-order valence-electron chi connectivity index (χ4n) is 3.70. The molecule has 1 aromatic carbocycles. The standard InChI is InChI=1S/C19H28N2O/c1-16-8-5-6-13-21(16)18-14-20(15-18)12-7-10-17-9-3-4-11-19(17)22-2/h3-4,7,9-11,16,18H,5-6,8,12-15H2,1-2H3/b10-7+/t16-/m1/s1. The summed E-state index contributed by atoms with van der Waals surface area (Å²) < 4.78 is 5.38. The lowest BCUT2D eigenvalue weighted by atomic mass is 9.97. The number of ether oxygens (including phenoxy) is 1. The molecule has 0 aromatic heterocycles. The molecule has 0 saturated carbocycles. The van der Waals surface area contributed by atoms with Crippen LogP contribution < -0.4 is 4.74 Å². The van der Waals surface area contributed by atoms with Crippen LogP contribution in [0.4, 0.5) is 0 Å². The molecule has 3 rings (SSSR count). The van der Waals surface area contributed by atoms with E-state index in [4.69, 9.17) is 4.74 Å². The SMILES string of the molecule is COc1ccccc1/C=C/CN1CC(N2CCCC[C@H]2C)C1. The fourth-order valence-corrected chi connectivity index (χ4v) is 3.70. The summed E-state index contributed by atoms with van der Waals surface area (Å²) in [4.78, 5) is 5.25. The maximum Gasteiger partial charge on any atom is 0.126 e. The van der Waals surface area contributed by atoms with Crippen LogP contribution in [0.15, 0.2) is 30.3 Å². The molecule has 2 fully saturated rings. The summed E-state index contributed by atoms with van der Waals surface area (Å²) in [6.45, 7) is 7.18. The van der Waals surface area contributed by atoms with E-state index in [2.05, 4.69) is 41.0 Å². The van der Waals surface area contributed by atoms with E-state index in [1.165, 1.54) is 38.9 Å². The molecule has 0 bridgehead atoms. The Labute approximate surface area is 134 Å². The molecule has 2 heterocycles. The summed E-state index contributed by atoms with van der Waals surface area (Å²) in [5, 5.41) is 0. The van der Waals surface area contributed by atoms with Gasteiger partial charge in [-0.15, -0.1) is 0 Å². The molecule has 3 heteroatoms. The second kappa shape index (κ2) is 7.30. The smallest absolute Gasteiger partial charge is 0.126 e. The Balaban J connectivity index is 1.45. The lowest BCUT2D eigenvalue weighted by Gasteiger charge is -2.49. The maximum atomic E-state index is 5.38. The van der Waals surface area contributed by atoms with Crippen LogP contribution in [0.1, 0.15) is 31.7 Å². The van der Waals surface area contributed by atoms with E-state index in [0.717, 1.165) is 29.9 Å². The second-order valence-corrected chi connectivity index (χ2v) is 6.60. The van der Waals surface area contributed by atoms with Crippen molar-refractivity contribution in [2.75, 3.05) is 33.3 Å². The highest BCUT2D eigenvalue weighted by Crippen LogP contribution is 2.24. The molecule has 3 nitrogen and oxygen atoms in total. The van der Waals surface area contributed by atoms with E-state index in [9.17, 15) is 0 Å². The number of piperidine rings is 1. The van der Waals surface area contributed by atoms with Gasteiger partial charge in [-0.3, -0.25) is 9.80 Å². The van der Waals surface area contributed by atoms with Crippen molar-refractivity contribution in [2.45, 2.75) is 38.3 Å². The van der Waals surface area contributed by atoms with Gasteiger partial charge >= 0.3 is 0 Å². The van der Waals surface area contributed by atoms with Gasteiger partial charge in [0.1, 0.15) is 5.75 Å². The molecule has 2 aliphatic rings. The van der Waals surface area contributed by atoms with Crippen molar-refractivity contribution in [2.24, 2.45) is 0 Å². The first-order valence-corrected chi connectivity index (χ1v) is 8.55. The van der Waals surface area contributed by atoms with Crippen molar-refractivity contribution in [3.05, 3.63) is 35.9 Å². The van der Waals surface area contributed by atoms with Gasteiger partial charge in [0.25, 0.3) is 0 Å². The van der Waals surface area contributed by atoms with Crippen molar-refractivity contribution in [3.8, 4) is 5.75 Å². The monoisotopic (exact) mass is 300 g/mol. The van der Waals surface area contributed by atoms with Crippen molar-refractivity contribution in [1.82, 2.24) is 9.80 Å². The number of hydrogen-bond acceptors (Lipinski definition) is 3. The topological polar surface area (TPSA) is 15.7 Å². The number of benzene rings is 1. The van der Waals surface area contributed by atoms with Gasteiger partial charge in [-0.25, -0.2) is 0 Å². The van der Waals surface area contributed by atoms with Crippen LogP contribution in [0.3, 0.4) is 0 Å². The Morgan fingerprint density at radius 2 is 2.05 bits per heavy atom. The molecular weight excluding hydrogens is 272 g/mol. The maximum absolute atomic E-state index is 5.38. The summed E-state index contributed by atoms with van der Waals surface area (Å²) in [7, 11) is 1.73. The van der Waals surface area contributed by atoms with Gasteiger partial charge in [0, 0.05) is 37.3 Å². The normalized spacial score (nSPS) is 24.5. The lowest BCUT2D eigenvalue weighted by molar-refractivity contribution is 0.00375. The largest absolute Gasteiger partial charge is 0.496 e. The van der Waals surface area contributed by atoms with Crippen LogP contribution in [0.5, 0.6) is 5.75 Å². The molecule has 0 aliphatic carbocycles. The molecule has 0 N–H and O–H groups in total. The summed E-state index contributed by atoms with van der Waals surface area (Å²) in [6, 6.07) is 9.75. The zero-order chi connectivity index (χ0) is 15.4. The number of rotatable bonds is 5. The van der Waals surface area contributed by atoms with Gasteiger partial charge in [0.05, 0.1) is 7.11 Å². The zero-order valence-electron chi connectivity index (χ0n) is 13.9. The van der Waals surface area contributed by atoms with Crippen LogP contribution in [-0.2, 0) is 0 Å². The van der Waals surface area contributed by atoms with Crippen molar-refractivity contribution in [3.63, 3.8) is 0 Å². The Bertz CT molecular complexity index is 508. The molecule has 0 amide bonds. The minimum Gasteiger partial charge on any atom is -0.496 e. The van der Waals surface area contributed by atoms with Gasteiger partial charge in [0.2, 0.25) is 0 Å². The van der Waals surface area contributed by atoms with Crippen LogP contribution in [0.2, 0.25) is 0 Å². The first kappa shape index (κ1) is 15.6. The Morgan fingerprint density at radius 3 is 2.82 bits per heavy atom. The summed E-state index contributed by atoms with van der Waals surface area (Å²) in [5.41, 5.74) is 1.16. The number of likely N-dealkylation sites (tertiary alicyclic amines) is 2. The van der Waals surface area contributed by atoms with E-state index >= 15 is 0 Å². The van der Waals surface area contributed by atoms with Gasteiger partial charge < -0.3 is 4.74 Å². The van der Waals surface area contributed by atoms with Crippen LogP contribution in [0, 0.1) is 0 Å². The molecule has 2 saturated heterocycles. The highest BCUT2D eigenvalue weighted by atomic mass is 16.5. The number of hydrogen-bond donors (Lipinski definition) is 0. The first-order chi connectivity index (χ1) is 10.8. The quantitative estimate of drug-likeness (QED) is 0.830. The Morgan fingerprint density at radius 1 is 1.23 bits per heavy atom. The highest BCUT2D eigenvalue weighted by molar-refractivity contribution is 5.57. The van der Waals surface area contributed by atoms with Crippen LogP contribution >= 0.6 is 0 Å². The summed E-state index contributed by atoms with van der Waals surface area (Å²) in [6.07, 6.45) is 8.61. The average molecular weight is 300 g/mol. The predicted molar refractivity (Wildman–Crippen MR) is 92.3 cm³/mol. The summed E-state index contributed by atoms with van der Waals surface area (Å²) >= 11 is 0. The summed E-state index contributed by atoms with van der Waals surface area (Å²) in [5.74, 6) is 0.947. The van der Waals surface area contributed by atoms with Gasteiger partial charge in [-0.05, 0) is 32.4 Å². The lowest BCUT2D eigenvalue weighted by Crippen LogP contribution is -2.62. The molecule has 0 radical (unpaired) electrons. The molecule has 120 valence electrons. The molecule has 1 atom stereocenters. The van der Waals surface area contributed by atoms with E-state index in [0.29, 0.717) is 0 Å². The minimum absolute atomic E-state index is 0.782. The van der Waals surface area contributed by atoms with Crippen LogP contribution in [0.25, 0.3) is 6.08 Å². The van der Waals surface area contributed by atoms with Gasteiger partial charge in [0.15, 0.2) is 0 Å². The zero-order valence-corrected chi connectivity index (χ0v) is 13.9. The van der Waals surface area contributed by atoms with E-state index in [1.807, 2.05) is 12.1 Å². The Hall–Kier alpha value is -1.32. The third-order valence-electron chi connectivity index (χ3n) is 5.06. The number of methoxy groups -OCH3 is 1. The van der Waals surface area contributed by atoms with Crippen molar-refractivity contribution < 1.29 is 4.74 Å². The molecule has 1 aromatic rings. The minimum atomic E-state index is 0.782. The first-order valence-electron chi connectivity index (χ1n) is 8.55. The molecule has 0 spiro atoms. The molecule has 2 aliphatic heterocycles. The predicted octanol–water partition coefficient (Wildman–Crippen LogP) is 3.27. The average Bonchev–Trinajstić information content (AvgIpc) is 2.51.